The summed E-state index contributed by atoms with van der Waals surface area (Å²) in [6, 6.07) is 3.95. The predicted molar refractivity (Wildman–Crippen MR) is 66.8 cm³/mol. The van der Waals surface area contributed by atoms with Gasteiger partial charge in [0.2, 0.25) is 0 Å². The maximum Gasteiger partial charge on any atom is 0.117 e. The Bertz CT molecular complexity index is 294. The van der Waals surface area contributed by atoms with Gasteiger partial charge in [0, 0.05) is 26.2 Å². The number of hydrogen-bond acceptors (Lipinski definition) is 4. The van der Waals surface area contributed by atoms with Gasteiger partial charge in [0.05, 0.1) is 19.4 Å². The molecule has 0 aromatic carbocycles. The van der Waals surface area contributed by atoms with Crippen LogP contribution >= 0.6 is 0 Å². The molecular formula is C13H22N2O2. The third-order valence-corrected chi connectivity index (χ3v) is 3.13. The molecule has 0 bridgehead atoms. The molecule has 1 N–H and O–H groups in total. The number of ether oxygens (including phenoxy) is 1. The monoisotopic (exact) mass is 238 g/mol. The second kappa shape index (κ2) is 6.79. The molecule has 1 aliphatic heterocycles. The summed E-state index contributed by atoms with van der Waals surface area (Å²) < 4.78 is 10.7. The lowest BCUT2D eigenvalue weighted by atomic mass is 10.1. The van der Waals surface area contributed by atoms with E-state index in [9.17, 15) is 0 Å². The summed E-state index contributed by atoms with van der Waals surface area (Å²) in [5.41, 5.74) is 0. The van der Waals surface area contributed by atoms with E-state index >= 15 is 0 Å². The van der Waals surface area contributed by atoms with Gasteiger partial charge in [-0.1, -0.05) is 0 Å². The summed E-state index contributed by atoms with van der Waals surface area (Å²) in [6.45, 7) is 5.87. The molecule has 17 heavy (non-hydrogen) atoms. The van der Waals surface area contributed by atoms with Crippen molar-refractivity contribution in [3.8, 4) is 0 Å². The van der Waals surface area contributed by atoms with E-state index in [1.54, 1.807) is 6.26 Å². The van der Waals surface area contributed by atoms with Crippen molar-refractivity contribution < 1.29 is 9.15 Å². The number of nitrogens with one attached hydrogen (secondary N) is 1. The van der Waals surface area contributed by atoms with Crippen LogP contribution in [0.3, 0.4) is 0 Å². The minimum atomic E-state index is 0.713. The molecule has 0 saturated carbocycles. The lowest BCUT2D eigenvalue weighted by Gasteiger charge is -2.16. The molecular weight excluding hydrogens is 216 g/mol. The van der Waals surface area contributed by atoms with Gasteiger partial charge in [0.15, 0.2) is 0 Å². The van der Waals surface area contributed by atoms with Crippen LogP contribution in [0.1, 0.15) is 12.2 Å². The molecule has 1 aliphatic rings. The van der Waals surface area contributed by atoms with Crippen molar-refractivity contribution in [2.45, 2.75) is 13.0 Å². The Morgan fingerprint density at radius 1 is 1.53 bits per heavy atom. The standard InChI is InChI=1S/C13H22N2O2/c1-15(10-13-3-2-7-17-13)6-5-14-9-12-4-8-16-11-12/h2-3,7,12,14H,4-6,8-11H2,1H3. The van der Waals surface area contributed by atoms with Crippen molar-refractivity contribution in [3.05, 3.63) is 24.2 Å². The SMILES string of the molecule is CN(CCNCC1CCOC1)Cc1ccco1. The van der Waals surface area contributed by atoms with Gasteiger partial charge >= 0.3 is 0 Å². The average molecular weight is 238 g/mol. The fourth-order valence-corrected chi connectivity index (χ4v) is 2.07. The van der Waals surface area contributed by atoms with Crippen LogP contribution in [0.2, 0.25) is 0 Å². The number of rotatable bonds is 7. The van der Waals surface area contributed by atoms with E-state index in [2.05, 4.69) is 17.3 Å². The maximum atomic E-state index is 5.34. The summed E-state index contributed by atoms with van der Waals surface area (Å²) in [7, 11) is 2.11. The van der Waals surface area contributed by atoms with Crippen LogP contribution in [0.5, 0.6) is 0 Å². The highest BCUT2D eigenvalue weighted by Crippen LogP contribution is 2.10. The summed E-state index contributed by atoms with van der Waals surface area (Å²) in [4.78, 5) is 2.26. The van der Waals surface area contributed by atoms with E-state index in [1.807, 2.05) is 12.1 Å². The van der Waals surface area contributed by atoms with Crippen LogP contribution in [0.15, 0.2) is 22.8 Å². The lowest BCUT2D eigenvalue weighted by molar-refractivity contribution is 0.185. The van der Waals surface area contributed by atoms with Crippen molar-refractivity contribution in [1.82, 2.24) is 10.2 Å². The van der Waals surface area contributed by atoms with Gasteiger partial charge in [0.25, 0.3) is 0 Å². The Morgan fingerprint density at radius 2 is 2.47 bits per heavy atom. The molecule has 2 heterocycles. The zero-order valence-electron chi connectivity index (χ0n) is 10.5. The molecule has 0 aliphatic carbocycles. The highest BCUT2D eigenvalue weighted by molar-refractivity contribution is 4.97. The van der Waals surface area contributed by atoms with Gasteiger partial charge in [-0.05, 0) is 31.5 Å². The van der Waals surface area contributed by atoms with Gasteiger partial charge in [-0.3, -0.25) is 4.90 Å². The smallest absolute Gasteiger partial charge is 0.117 e. The van der Waals surface area contributed by atoms with E-state index in [4.69, 9.17) is 9.15 Å². The highest BCUT2D eigenvalue weighted by atomic mass is 16.5. The van der Waals surface area contributed by atoms with Crippen LogP contribution in [-0.4, -0.2) is 44.8 Å². The largest absolute Gasteiger partial charge is 0.468 e. The first-order valence-electron chi connectivity index (χ1n) is 6.34. The normalized spacial score (nSPS) is 20.2. The van der Waals surface area contributed by atoms with Gasteiger partial charge in [0.1, 0.15) is 5.76 Å². The Morgan fingerprint density at radius 3 is 3.18 bits per heavy atom. The maximum absolute atomic E-state index is 5.34. The van der Waals surface area contributed by atoms with E-state index in [-0.39, 0.29) is 0 Å². The van der Waals surface area contributed by atoms with Crippen molar-refractivity contribution in [2.75, 3.05) is 39.9 Å². The molecule has 4 heteroatoms. The molecule has 4 nitrogen and oxygen atoms in total. The molecule has 96 valence electrons. The first kappa shape index (κ1) is 12.6. The van der Waals surface area contributed by atoms with E-state index in [0.29, 0.717) is 5.92 Å². The van der Waals surface area contributed by atoms with Crippen molar-refractivity contribution in [1.29, 1.82) is 0 Å². The highest BCUT2D eigenvalue weighted by Gasteiger charge is 2.14. The molecule has 1 aromatic rings. The van der Waals surface area contributed by atoms with Gasteiger partial charge < -0.3 is 14.5 Å². The number of nitrogens with zero attached hydrogens (tertiary/aromatic N) is 1. The van der Waals surface area contributed by atoms with Crippen molar-refractivity contribution in [3.63, 3.8) is 0 Å². The quantitative estimate of drug-likeness (QED) is 0.727. The van der Waals surface area contributed by atoms with Crippen LogP contribution in [0.25, 0.3) is 0 Å². The Hall–Kier alpha value is -0.840. The summed E-state index contributed by atoms with van der Waals surface area (Å²) >= 11 is 0. The lowest BCUT2D eigenvalue weighted by Crippen LogP contribution is -2.31. The van der Waals surface area contributed by atoms with Crippen LogP contribution in [0.4, 0.5) is 0 Å². The van der Waals surface area contributed by atoms with Crippen molar-refractivity contribution >= 4 is 0 Å². The molecule has 1 unspecified atom stereocenters. The molecule has 0 spiro atoms. The second-order valence-electron chi connectivity index (χ2n) is 4.75. The van der Waals surface area contributed by atoms with Crippen LogP contribution < -0.4 is 5.32 Å². The Balaban J connectivity index is 1.52. The fourth-order valence-electron chi connectivity index (χ4n) is 2.07. The van der Waals surface area contributed by atoms with Crippen LogP contribution in [-0.2, 0) is 11.3 Å². The zero-order chi connectivity index (χ0) is 11.9. The third kappa shape index (κ3) is 4.50. The third-order valence-electron chi connectivity index (χ3n) is 3.13. The molecule has 1 fully saturated rings. The molecule has 0 radical (unpaired) electrons. The molecule has 1 saturated heterocycles. The fraction of sp³-hybridized carbons (Fsp3) is 0.692. The second-order valence-corrected chi connectivity index (χ2v) is 4.75. The Labute approximate surface area is 103 Å². The minimum absolute atomic E-state index is 0.713. The average Bonchev–Trinajstić information content (AvgIpc) is 2.96. The van der Waals surface area contributed by atoms with Gasteiger partial charge in [-0.2, -0.15) is 0 Å². The Kier molecular flexibility index (Phi) is 5.04. The number of likely N-dealkylation sites (N-methyl/N-ethyl adjacent to an activating group) is 1. The molecule has 2 rings (SSSR count). The first-order chi connectivity index (χ1) is 8.34. The predicted octanol–water partition coefficient (Wildman–Crippen LogP) is 1.34. The number of hydrogen-bond donors (Lipinski definition) is 1. The first-order valence-corrected chi connectivity index (χ1v) is 6.34. The summed E-state index contributed by atoms with van der Waals surface area (Å²) in [5, 5.41) is 3.49. The van der Waals surface area contributed by atoms with Gasteiger partial charge in [-0.25, -0.2) is 0 Å². The summed E-state index contributed by atoms with van der Waals surface area (Å²) in [6.07, 6.45) is 2.93. The molecule has 0 amide bonds. The van der Waals surface area contributed by atoms with E-state index in [0.717, 1.165) is 45.2 Å². The molecule has 1 aromatic heterocycles. The van der Waals surface area contributed by atoms with Crippen LogP contribution in [0, 0.1) is 5.92 Å². The van der Waals surface area contributed by atoms with E-state index in [1.165, 1.54) is 6.42 Å². The minimum Gasteiger partial charge on any atom is -0.468 e. The topological polar surface area (TPSA) is 37.6 Å². The van der Waals surface area contributed by atoms with Crippen molar-refractivity contribution in [2.24, 2.45) is 5.92 Å². The zero-order valence-corrected chi connectivity index (χ0v) is 10.5. The van der Waals surface area contributed by atoms with Gasteiger partial charge in [-0.15, -0.1) is 0 Å². The molecule has 1 atom stereocenters. The summed E-state index contributed by atoms with van der Waals surface area (Å²) in [5.74, 6) is 1.74. The van der Waals surface area contributed by atoms with E-state index < -0.39 is 0 Å². The number of furan rings is 1.